The van der Waals surface area contributed by atoms with Crippen LogP contribution in [0.3, 0.4) is 0 Å². The SMILES string of the molecule is CCOC(=O)C(C)(c1cc(C)cc(C)c1)C(c1ccc2[nH]ccc2c1)C(C)(N)C(CCCCc1ccncc1)C(=O)OCc1ccccc1. The highest BCUT2D eigenvalue weighted by Gasteiger charge is 2.56. The van der Waals surface area contributed by atoms with Crippen molar-refractivity contribution >= 4 is 22.8 Å². The van der Waals surface area contributed by atoms with Crippen LogP contribution in [0.25, 0.3) is 10.9 Å². The second kappa shape index (κ2) is 15.6. The summed E-state index contributed by atoms with van der Waals surface area (Å²) in [5, 5.41) is 0.991. The number of esters is 2. The molecular formula is C42H49N3O4. The molecule has 0 saturated heterocycles. The summed E-state index contributed by atoms with van der Waals surface area (Å²) >= 11 is 0. The molecule has 0 radical (unpaired) electrons. The molecule has 7 nitrogen and oxygen atoms in total. The highest BCUT2D eigenvalue weighted by molar-refractivity contribution is 5.87. The molecule has 4 unspecified atom stereocenters. The quantitative estimate of drug-likeness (QED) is 0.0866. The second-order valence-corrected chi connectivity index (χ2v) is 13.7. The summed E-state index contributed by atoms with van der Waals surface area (Å²) in [5.41, 5.74) is 11.9. The number of unbranched alkanes of at least 4 members (excludes halogenated alkanes) is 1. The van der Waals surface area contributed by atoms with E-state index in [1.807, 2.05) is 114 Å². The summed E-state index contributed by atoms with van der Waals surface area (Å²) in [7, 11) is 0. The van der Waals surface area contributed by atoms with Crippen LogP contribution in [-0.4, -0.2) is 34.1 Å². The van der Waals surface area contributed by atoms with Gasteiger partial charge in [-0.3, -0.25) is 14.6 Å². The summed E-state index contributed by atoms with van der Waals surface area (Å²) in [6.45, 7) is 10.0. The number of ether oxygens (including phenoxy) is 2. The van der Waals surface area contributed by atoms with Crippen LogP contribution in [0.15, 0.2) is 104 Å². The molecule has 5 rings (SSSR count). The van der Waals surface area contributed by atoms with Crippen LogP contribution < -0.4 is 5.73 Å². The number of hydrogen-bond acceptors (Lipinski definition) is 6. The standard InChI is InChI=1S/C42H49N3O4/c1-6-48-40(47)41(4,35-25-29(2)24-30(3)26-35)38(34-16-17-37-33(27-34)20-23-45-37)42(5,43)36(15-11-10-12-31-18-21-44-22-19-31)39(46)49-28-32-13-8-7-9-14-32/h7-9,13-14,16-27,36,38,45H,6,10-12,15,28,43H2,1-5H3. The smallest absolute Gasteiger partial charge is 0.316 e. The van der Waals surface area contributed by atoms with Crippen molar-refractivity contribution in [1.29, 1.82) is 0 Å². The van der Waals surface area contributed by atoms with E-state index in [1.54, 1.807) is 12.4 Å². The first-order valence-electron chi connectivity index (χ1n) is 17.3. The summed E-state index contributed by atoms with van der Waals surface area (Å²) in [6, 6.07) is 28.0. The van der Waals surface area contributed by atoms with Gasteiger partial charge >= 0.3 is 11.9 Å². The third-order valence-electron chi connectivity index (χ3n) is 9.85. The van der Waals surface area contributed by atoms with Gasteiger partial charge < -0.3 is 20.2 Å². The van der Waals surface area contributed by atoms with Gasteiger partial charge in [-0.25, -0.2) is 0 Å². The number of hydrogen-bond donors (Lipinski definition) is 2. The van der Waals surface area contributed by atoms with Crippen molar-refractivity contribution in [3.05, 3.63) is 137 Å². The van der Waals surface area contributed by atoms with E-state index in [9.17, 15) is 9.59 Å². The van der Waals surface area contributed by atoms with Crippen LogP contribution in [0, 0.1) is 19.8 Å². The van der Waals surface area contributed by atoms with Crippen LogP contribution in [0.5, 0.6) is 0 Å². The molecule has 0 bridgehead atoms. The van der Waals surface area contributed by atoms with Gasteiger partial charge in [-0.1, -0.05) is 72.1 Å². The van der Waals surface area contributed by atoms with E-state index in [0.717, 1.165) is 58.0 Å². The molecule has 3 N–H and O–H groups in total. The Morgan fingerprint density at radius 1 is 0.857 bits per heavy atom. The first kappa shape index (κ1) is 35.6. The van der Waals surface area contributed by atoms with Crippen molar-refractivity contribution in [2.24, 2.45) is 11.7 Å². The fourth-order valence-electron chi connectivity index (χ4n) is 7.46. The molecule has 5 aromatic rings. The van der Waals surface area contributed by atoms with E-state index in [4.69, 9.17) is 15.2 Å². The lowest BCUT2D eigenvalue weighted by Gasteiger charge is -2.48. The minimum Gasteiger partial charge on any atom is -0.465 e. The van der Waals surface area contributed by atoms with Crippen molar-refractivity contribution < 1.29 is 19.1 Å². The Labute approximate surface area is 290 Å². The molecule has 2 heterocycles. The molecule has 0 saturated carbocycles. The average molecular weight is 660 g/mol. The Morgan fingerprint density at radius 3 is 2.27 bits per heavy atom. The molecule has 49 heavy (non-hydrogen) atoms. The van der Waals surface area contributed by atoms with Crippen LogP contribution in [0.2, 0.25) is 0 Å². The maximum absolute atomic E-state index is 14.5. The van der Waals surface area contributed by atoms with Crippen molar-refractivity contribution in [3.63, 3.8) is 0 Å². The molecule has 0 aliphatic rings. The van der Waals surface area contributed by atoms with E-state index < -0.39 is 22.8 Å². The maximum Gasteiger partial charge on any atom is 0.316 e. The largest absolute Gasteiger partial charge is 0.465 e. The number of rotatable bonds is 15. The lowest BCUT2D eigenvalue weighted by atomic mass is 9.57. The van der Waals surface area contributed by atoms with Gasteiger partial charge in [0.1, 0.15) is 6.61 Å². The lowest BCUT2D eigenvalue weighted by molar-refractivity contribution is -0.157. The maximum atomic E-state index is 14.5. The van der Waals surface area contributed by atoms with Gasteiger partial charge in [-0.2, -0.15) is 0 Å². The Morgan fingerprint density at radius 2 is 1.57 bits per heavy atom. The molecule has 0 amide bonds. The topological polar surface area (TPSA) is 107 Å². The molecule has 0 aliphatic heterocycles. The van der Waals surface area contributed by atoms with Gasteiger partial charge in [0.15, 0.2) is 0 Å². The van der Waals surface area contributed by atoms with Crippen molar-refractivity contribution in [1.82, 2.24) is 9.97 Å². The molecule has 7 heteroatoms. The highest BCUT2D eigenvalue weighted by Crippen LogP contribution is 2.50. The minimum atomic E-state index is -1.26. The number of carbonyl (C=O) groups is 2. The Bertz CT molecular complexity index is 1830. The molecule has 2 aromatic heterocycles. The van der Waals surface area contributed by atoms with Crippen molar-refractivity contribution in [3.8, 4) is 0 Å². The number of carbonyl (C=O) groups excluding carboxylic acids is 2. The van der Waals surface area contributed by atoms with E-state index >= 15 is 0 Å². The van der Waals surface area contributed by atoms with Crippen LogP contribution >= 0.6 is 0 Å². The summed E-state index contributed by atoms with van der Waals surface area (Å²) < 4.78 is 11.9. The minimum absolute atomic E-state index is 0.134. The third kappa shape index (κ3) is 8.11. The summed E-state index contributed by atoms with van der Waals surface area (Å²) in [6.07, 6.45) is 8.42. The van der Waals surface area contributed by atoms with E-state index in [0.29, 0.717) is 6.42 Å². The molecule has 0 aliphatic carbocycles. The fourth-order valence-corrected chi connectivity index (χ4v) is 7.46. The van der Waals surface area contributed by atoms with E-state index in [2.05, 4.69) is 22.1 Å². The van der Waals surface area contributed by atoms with Gasteiger partial charge in [-0.05, 0) is 112 Å². The van der Waals surface area contributed by atoms with Crippen molar-refractivity contribution in [2.45, 2.75) is 83.8 Å². The number of fused-ring (bicyclic) bond motifs is 1. The molecule has 4 atom stereocenters. The zero-order valence-electron chi connectivity index (χ0n) is 29.4. The Kier molecular flexibility index (Phi) is 11.4. The van der Waals surface area contributed by atoms with Gasteiger partial charge in [0.2, 0.25) is 0 Å². The molecule has 0 spiro atoms. The van der Waals surface area contributed by atoms with Crippen LogP contribution in [-0.2, 0) is 37.5 Å². The summed E-state index contributed by atoms with van der Waals surface area (Å²) in [5.74, 6) is -2.17. The predicted octanol–water partition coefficient (Wildman–Crippen LogP) is 8.27. The van der Waals surface area contributed by atoms with E-state index in [1.165, 1.54) is 5.56 Å². The Hall–Kier alpha value is -4.75. The third-order valence-corrected chi connectivity index (χ3v) is 9.85. The summed E-state index contributed by atoms with van der Waals surface area (Å²) in [4.78, 5) is 36.3. The number of H-pyrrole nitrogens is 1. The zero-order chi connectivity index (χ0) is 35.0. The van der Waals surface area contributed by atoms with Crippen molar-refractivity contribution in [2.75, 3.05) is 6.61 Å². The Balaban J connectivity index is 1.62. The van der Waals surface area contributed by atoms with Gasteiger partial charge in [-0.15, -0.1) is 0 Å². The molecule has 256 valence electrons. The molecule has 3 aromatic carbocycles. The highest BCUT2D eigenvalue weighted by atomic mass is 16.5. The first-order chi connectivity index (χ1) is 23.5. The predicted molar refractivity (Wildman–Crippen MR) is 195 cm³/mol. The number of aromatic amines is 1. The van der Waals surface area contributed by atoms with Gasteiger partial charge in [0, 0.05) is 35.6 Å². The number of aryl methyl sites for hydroxylation is 3. The average Bonchev–Trinajstić information content (AvgIpc) is 3.56. The lowest BCUT2D eigenvalue weighted by Crippen LogP contribution is -2.60. The zero-order valence-corrected chi connectivity index (χ0v) is 29.4. The van der Waals surface area contributed by atoms with Gasteiger partial charge in [0.05, 0.1) is 17.9 Å². The number of aromatic nitrogens is 2. The van der Waals surface area contributed by atoms with Crippen LogP contribution in [0.4, 0.5) is 0 Å². The molecular weight excluding hydrogens is 610 g/mol. The first-order valence-corrected chi connectivity index (χ1v) is 17.3. The number of pyridine rings is 1. The monoisotopic (exact) mass is 659 g/mol. The number of nitrogens with one attached hydrogen (secondary N) is 1. The normalized spacial score (nSPS) is 15.1. The van der Waals surface area contributed by atoms with Crippen LogP contribution in [0.1, 0.15) is 79.3 Å². The number of nitrogens with two attached hydrogens (primary N) is 1. The number of nitrogens with zero attached hydrogens (tertiary/aromatic N) is 1. The fraction of sp³-hybridized carbons (Fsp3) is 0.357. The number of benzene rings is 3. The second-order valence-electron chi connectivity index (χ2n) is 13.7. The van der Waals surface area contributed by atoms with Gasteiger partial charge in [0.25, 0.3) is 0 Å². The van der Waals surface area contributed by atoms with E-state index in [-0.39, 0.29) is 25.2 Å². The molecule has 0 fully saturated rings.